The van der Waals surface area contributed by atoms with Gasteiger partial charge in [0, 0.05) is 16.0 Å². The Labute approximate surface area is 215 Å². The summed E-state index contributed by atoms with van der Waals surface area (Å²) in [6, 6.07) is 14.6. The molecule has 1 aromatic heterocycles. The number of amides is 2. The fraction of sp³-hybridized carbons (Fsp3) is 0.370. The molecule has 7 nitrogen and oxygen atoms in total. The van der Waals surface area contributed by atoms with E-state index >= 15 is 0 Å². The van der Waals surface area contributed by atoms with Crippen LogP contribution in [0.25, 0.3) is 0 Å². The van der Waals surface area contributed by atoms with Gasteiger partial charge in [0.1, 0.15) is 0 Å². The second-order valence-electron chi connectivity index (χ2n) is 9.97. The molecule has 184 valence electrons. The van der Waals surface area contributed by atoms with Gasteiger partial charge in [0.05, 0.1) is 29.2 Å². The molecule has 2 saturated carbocycles. The van der Waals surface area contributed by atoms with E-state index in [1.165, 1.54) is 16.2 Å². The van der Waals surface area contributed by atoms with Gasteiger partial charge in [-0.1, -0.05) is 35.6 Å². The van der Waals surface area contributed by atoms with Crippen molar-refractivity contribution in [1.82, 2.24) is 4.98 Å². The Morgan fingerprint density at radius 2 is 1.81 bits per heavy atom. The summed E-state index contributed by atoms with van der Waals surface area (Å²) in [4.78, 5) is 45.1. The number of phenolic OH excluding ortho intramolecular Hbond substituents is 1. The van der Waals surface area contributed by atoms with Crippen molar-refractivity contribution in [2.75, 3.05) is 11.5 Å². The molecule has 7 atom stereocenters. The fourth-order valence-electron chi connectivity index (χ4n) is 7.22. The molecule has 2 aliphatic heterocycles. The summed E-state index contributed by atoms with van der Waals surface area (Å²) in [7, 11) is 0. The first-order chi connectivity index (χ1) is 17.5. The second kappa shape index (κ2) is 7.98. The van der Waals surface area contributed by atoms with Crippen LogP contribution < -0.4 is 14.5 Å². The van der Waals surface area contributed by atoms with Crippen molar-refractivity contribution in [3.05, 3.63) is 68.6 Å². The van der Waals surface area contributed by atoms with Crippen molar-refractivity contribution in [2.45, 2.75) is 29.5 Å². The van der Waals surface area contributed by atoms with Gasteiger partial charge >= 0.3 is 4.87 Å². The number of rotatable bonds is 4. The van der Waals surface area contributed by atoms with Gasteiger partial charge in [0.2, 0.25) is 11.8 Å². The Morgan fingerprint density at radius 1 is 1.06 bits per heavy atom. The van der Waals surface area contributed by atoms with Gasteiger partial charge in [-0.2, -0.15) is 0 Å². The summed E-state index contributed by atoms with van der Waals surface area (Å²) in [6.45, 7) is 2.29. The van der Waals surface area contributed by atoms with E-state index in [0.29, 0.717) is 18.0 Å². The monoisotopic (exact) mass is 520 g/mol. The number of aromatic hydroxyl groups is 1. The Morgan fingerprint density at radius 3 is 2.56 bits per heavy atom. The van der Waals surface area contributed by atoms with E-state index in [1.54, 1.807) is 17.8 Å². The van der Waals surface area contributed by atoms with Crippen LogP contribution >= 0.6 is 23.1 Å². The van der Waals surface area contributed by atoms with Crippen molar-refractivity contribution in [3.63, 3.8) is 0 Å². The highest BCUT2D eigenvalue weighted by molar-refractivity contribution is 8.00. The number of thioether (sulfide) groups is 1. The second-order valence-corrected chi connectivity index (χ2v) is 12.2. The molecule has 2 bridgehead atoms. The van der Waals surface area contributed by atoms with E-state index in [4.69, 9.17) is 4.74 Å². The molecule has 3 fully saturated rings. The lowest BCUT2D eigenvalue weighted by Crippen LogP contribution is -2.42. The van der Waals surface area contributed by atoms with Gasteiger partial charge in [-0.05, 0) is 60.9 Å². The number of aromatic amines is 1. The van der Waals surface area contributed by atoms with Crippen LogP contribution in [0.2, 0.25) is 0 Å². The number of thiazole rings is 1. The van der Waals surface area contributed by atoms with Crippen molar-refractivity contribution < 1.29 is 19.4 Å². The SMILES string of the molecule is CCOc1cc([C@@H]2c3sc(=O)[nH]c3S[C@@H]3[C@H]4C[C@@H]([C@@H]5C(=O)N(c6ccccc6)C(=O)[C@H]45)[C@@H]23)ccc1O. The van der Waals surface area contributed by atoms with Crippen LogP contribution in [0.3, 0.4) is 0 Å². The summed E-state index contributed by atoms with van der Waals surface area (Å²) < 4.78 is 5.67. The molecule has 2 aromatic carbocycles. The van der Waals surface area contributed by atoms with E-state index in [2.05, 4.69) is 4.98 Å². The number of anilines is 1. The molecule has 7 rings (SSSR count). The minimum atomic E-state index is -0.340. The van der Waals surface area contributed by atoms with Gasteiger partial charge < -0.3 is 14.8 Å². The van der Waals surface area contributed by atoms with Crippen LogP contribution in [0, 0.1) is 29.6 Å². The van der Waals surface area contributed by atoms with Crippen molar-refractivity contribution in [1.29, 1.82) is 0 Å². The van der Waals surface area contributed by atoms with Gasteiger partial charge in [-0.15, -0.1) is 11.8 Å². The summed E-state index contributed by atoms with van der Waals surface area (Å²) in [5, 5.41) is 11.3. The number of fused-ring (bicyclic) bond motifs is 9. The first kappa shape index (κ1) is 22.2. The number of ether oxygens (including phenoxy) is 1. The number of H-pyrrole nitrogens is 1. The Balaban J connectivity index is 1.33. The minimum absolute atomic E-state index is 0.0439. The maximum absolute atomic E-state index is 13.7. The van der Waals surface area contributed by atoms with Crippen molar-refractivity contribution >= 4 is 40.6 Å². The average Bonchev–Trinajstić information content (AvgIpc) is 3.60. The molecular weight excluding hydrogens is 496 g/mol. The molecule has 2 aliphatic carbocycles. The zero-order valence-electron chi connectivity index (χ0n) is 19.4. The van der Waals surface area contributed by atoms with Gasteiger partial charge in [-0.25, -0.2) is 0 Å². The molecule has 3 heterocycles. The molecule has 9 heteroatoms. The number of benzene rings is 2. The Bertz CT molecular complexity index is 1450. The molecule has 0 radical (unpaired) electrons. The van der Waals surface area contributed by atoms with E-state index < -0.39 is 0 Å². The Kier molecular flexibility index (Phi) is 4.92. The molecule has 0 unspecified atom stereocenters. The first-order valence-corrected chi connectivity index (χ1v) is 14.0. The average molecular weight is 521 g/mol. The highest BCUT2D eigenvalue weighted by atomic mass is 32.2. The van der Waals surface area contributed by atoms with Crippen LogP contribution in [-0.4, -0.2) is 33.8 Å². The van der Waals surface area contributed by atoms with Crippen LogP contribution in [-0.2, 0) is 9.59 Å². The molecule has 3 aromatic rings. The number of carbonyl (C=O) groups excluding carboxylic acids is 2. The maximum atomic E-state index is 13.7. The number of hydrogen-bond acceptors (Lipinski definition) is 7. The number of nitrogens with zero attached hydrogens (tertiary/aromatic N) is 1. The molecule has 1 saturated heterocycles. The lowest BCUT2D eigenvalue weighted by Gasteiger charge is -2.43. The molecule has 0 spiro atoms. The van der Waals surface area contributed by atoms with E-state index in [0.717, 1.165) is 21.9 Å². The molecule has 4 aliphatic rings. The van der Waals surface area contributed by atoms with Crippen molar-refractivity contribution in [3.8, 4) is 11.5 Å². The molecule has 2 amide bonds. The summed E-state index contributed by atoms with van der Waals surface area (Å²) >= 11 is 2.89. The third kappa shape index (κ3) is 2.96. The van der Waals surface area contributed by atoms with Crippen LogP contribution in [0.15, 0.2) is 58.4 Å². The minimum Gasteiger partial charge on any atom is -0.504 e. The maximum Gasteiger partial charge on any atom is 0.305 e. The normalized spacial score (nSPS) is 31.9. The third-order valence-corrected chi connectivity index (χ3v) is 11.0. The predicted octanol–water partition coefficient (Wildman–Crippen LogP) is 4.22. The lowest BCUT2D eigenvalue weighted by molar-refractivity contribution is -0.123. The van der Waals surface area contributed by atoms with Crippen LogP contribution in [0.1, 0.15) is 29.7 Å². The van der Waals surface area contributed by atoms with E-state index in [1.807, 2.05) is 49.4 Å². The highest BCUT2D eigenvalue weighted by Crippen LogP contribution is 2.68. The summed E-state index contributed by atoms with van der Waals surface area (Å²) in [5.41, 5.74) is 1.60. The van der Waals surface area contributed by atoms with Gasteiger partial charge in [0.25, 0.3) is 0 Å². The number of aromatic nitrogens is 1. The summed E-state index contributed by atoms with van der Waals surface area (Å²) in [6.07, 6.45) is 0.837. The topological polar surface area (TPSA) is 99.7 Å². The Hall–Kier alpha value is -3.04. The van der Waals surface area contributed by atoms with Crippen LogP contribution in [0.4, 0.5) is 5.69 Å². The number of phenols is 1. The quantitative estimate of drug-likeness (QED) is 0.500. The number of imide groups is 1. The van der Waals surface area contributed by atoms with E-state index in [9.17, 15) is 19.5 Å². The fourth-order valence-corrected chi connectivity index (χ4v) is 10.1. The van der Waals surface area contributed by atoms with Gasteiger partial charge in [0.15, 0.2) is 11.5 Å². The summed E-state index contributed by atoms with van der Waals surface area (Å²) in [5.74, 6) is -0.246. The van der Waals surface area contributed by atoms with Gasteiger partial charge in [-0.3, -0.25) is 19.3 Å². The number of carbonyl (C=O) groups is 2. The third-order valence-electron chi connectivity index (χ3n) is 8.38. The predicted molar refractivity (Wildman–Crippen MR) is 137 cm³/mol. The zero-order valence-corrected chi connectivity index (χ0v) is 21.1. The smallest absolute Gasteiger partial charge is 0.305 e. The molecule has 2 N–H and O–H groups in total. The standard InChI is InChI=1S/C27H24N2O5S2/c1-2-34-17-10-12(8-9-16(17)30)18-19-14-11-15(22(19)35-24-23(18)36-27(33)28-24)21-20(14)25(31)29(26(21)32)13-6-4-3-5-7-13/h3-10,14-15,18-22,30H,2,11H2,1H3,(H,28,33)/t14-,15+,18+,19+,20+,21-,22-/m1/s1. The number of hydrogen-bond donors (Lipinski definition) is 2. The molecular formula is C27H24N2O5S2. The zero-order chi connectivity index (χ0) is 24.7. The molecule has 36 heavy (non-hydrogen) atoms. The number of para-hydroxylation sites is 1. The van der Waals surface area contributed by atoms with Crippen LogP contribution in [0.5, 0.6) is 11.5 Å². The largest absolute Gasteiger partial charge is 0.504 e. The highest BCUT2D eigenvalue weighted by Gasteiger charge is 2.69. The first-order valence-electron chi connectivity index (χ1n) is 12.3. The van der Waals surface area contributed by atoms with Crippen molar-refractivity contribution in [2.24, 2.45) is 29.6 Å². The number of nitrogens with one attached hydrogen (secondary N) is 1. The lowest BCUT2D eigenvalue weighted by atomic mass is 9.68. The van der Waals surface area contributed by atoms with E-state index in [-0.39, 0.29) is 63.2 Å².